The highest BCUT2D eigenvalue weighted by atomic mass is 16.5. The number of hydrogen-bond acceptors (Lipinski definition) is 5. The molecule has 1 unspecified atom stereocenters. The van der Waals surface area contributed by atoms with Crippen LogP contribution in [0.2, 0.25) is 0 Å². The Bertz CT molecular complexity index is 953. The first-order chi connectivity index (χ1) is 17.0. The van der Waals surface area contributed by atoms with E-state index in [0.29, 0.717) is 25.3 Å². The predicted octanol–water partition coefficient (Wildman–Crippen LogP) is 4.85. The van der Waals surface area contributed by atoms with E-state index in [1.165, 1.54) is 0 Å². The molecule has 2 aromatic rings. The van der Waals surface area contributed by atoms with Crippen molar-refractivity contribution >= 4 is 5.91 Å². The molecule has 6 heteroatoms. The van der Waals surface area contributed by atoms with Gasteiger partial charge in [0.25, 0.3) is 0 Å². The molecule has 4 atom stereocenters. The van der Waals surface area contributed by atoms with E-state index in [2.05, 4.69) is 0 Å². The molecule has 4 rings (SSSR count). The number of nitrogens with two attached hydrogens (primary N) is 1. The summed E-state index contributed by atoms with van der Waals surface area (Å²) in [5, 5.41) is 12.4. The van der Waals surface area contributed by atoms with E-state index in [4.69, 9.17) is 15.2 Å². The van der Waals surface area contributed by atoms with Crippen LogP contribution in [0.1, 0.15) is 56.9 Å². The van der Waals surface area contributed by atoms with Crippen LogP contribution in [0.25, 0.3) is 0 Å². The summed E-state index contributed by atoms with van der Waals surface area (Å²) in [6, 6.07) is 17.6. The molecule has 0 spiro atoms. The molecule has 35 heavy (non-hydrogen) atoms. The summed E-state index contributed by atoms with van der Waals surface area (Å²) < 4.78 is 11.5. The summed E-state index contributed by atoms with van der Waals surface area (Å²) in [6.45, 7) is 1.98. The molecule has 2 aromatic carbocycles. The number of unbranched alkanes of at least 4 members (excludes halogenated alkanes) is 1. The lowest BCUT2D eigenvalue weighted by molar-refractivity contribution is -0.141. The fourth-order valence-electron chi connectivity index (χ4n) is 5.79. The van der Waals surface area contributed by atoms with Crippen molar-refractivity contribution in [1.29, 1.82) is 0 Å². The van der Waals surface area contributed by atoms with Crippen molar-refractivity contribution in [1.82, 2.24) is 4.90 Å². The number of methoxy groups -OCH3 is 1. The molecule has 1 heterocycles. The van der Waals surface area contributed by atoms with Crippen LogP contribution in [-0.4, -0.2) is 48.8 Å². The van der Waals surface area contributed by atoms with Gasteiger partial charge in [0.2, 0.25) is 5.91 Å². The Kier molecular flexibility index (Phi) is 8.82. The van der Waals surface area contributed by atoms with Crippen LogP contribution in [-0.2, 0) is 15.1 Å². The second kappa shape index (κ2) is 12.0. The van der Waals surface area contributed by atoms with Gasteiger partial charge in [-0.15, -0.1) is 0 Å². The summed E-state index contributed by atoms with van der Waals surface area (Å²) in [4.78, 5) is 15.3. The van der Waals surface area contributed by atoms with Crippen molar-refractivity contribution in [3.05, 3.63) is 60.2 Å². The smallest absolute Gasteiger partial charge is 0.225 e. The van der Waals surface area contributed by atoms with Crippen molar-refractivity contribution in [3.63, 3.8) is 0 Å². The molecule has 1 amide bonds. The highest BCUT2D eigenvalue weighted by molar-refractivity contribution is 5.79. The van der Waals surface area contributed by atoms with Gasteiger partial charge < -0.3 is 25.2 Å². The molecule has 1 saturated carbocycles. The Morgan fingerprint density at radius 1 is 1.09 bits per heavy atom. The largest absolute Gasteiger partial charge is 0.457 e. The zero-order valence-corrected chi connectivity index (χ0v) is 20.9. The number of benzene rings is 2. The average molecular weight is 481 g/mol. The molecule has 0 aromatic heterocycles. The number of likely N-dealkylation sites (tertiary alicyclic amines) is 1. The maximum Gasteiger partial charge on any atom is 0.225 e. The first kappa shape index (κ1) is 25.7. The van der Waals surface area contributed by atoms with Crippen LogP contribution in [0, 0.1) is 11.8 Å². The fraction of sp³-hybridized carbons (Fsp3) is 0.552. The second-order valence-corrected chi connectivity index (χ2v) is 10.2. The van der Waals surface area contributed by atoms with Crippen molar-refractivity contribution in [2.24, 2.45) is 17.6 Å². The Hall–Kier alpha value is -2.41. The fourth-order valence-corrected chi connectivity index (χ4v) is 5.79. The van der Waals surface area contributed by atoms with Gasteiger partial charge in [-0.05, 0) is 69.6 Å². The van der Waals surface area contributed by atoms with E-state index < -0.39 is 5.60 Å². The molecule has 2 fully saturated rings. The van der Waals surface area contributed by atoms with E-state index in [-0.39, 0.29) is 23.8 Å². The van der Waals surface area contributed by atoms with Crippen LogP contribution in [0.3, 0.4) is 0 Å². The minimum Gasteiger partial charge on any atom is -0.457 e. The Labute approximate surface area is 209 Å². The average Bonchev–Trinajstić information content (AvgIpc) is 3.33. The quantitative estimate of drug-likeness (QED) is 0.475. The van der Waals surface area contributed by atoms with Gasteiger partial charge in [-0.2, -0.15) is 0 Å². The molecule has 3 N–H and O–H groups in total. The third-order valence-electron chi connectivity index (χ3n) is 7.71. The topological polar surface area (TPSA) is 85.0 Å². The first-order valence-corrected chi connectivity index (χ1v) is 13.1. The van der Waals surface area contributed by atoms with Gasteiger partial charge in [0.05, 0.1) is 5.60 Å². The maximum absolute atomic E-state index is 13.3. The molecular formula is C29H40N2O4. The van der Waals surface area contributed by atoms with Gasteiger partial charge in [0.15, 0.2) is 0 Å². The normalized spacial score (nSPS) is 24.2. The standard InChI is InChI=1S/C29H40N2O4/c1-34-19-8-7-17-29(33,26-13-5-6-14-27(26)35-25-11-3-2-4-12-25)23-10-9-18-31(21-23)28(32)22-15-16-24(30)20-22/h2-6,11-14,22-24,33H,7-10,15-21,30H2,1H3/t22-,23-,24+,29?/m1/s1. The minimum atomic E-state index is -1.11. The van der Waals surface area contributed by atoms with Gasteiger partial charge in [-0.1, -0.05) is 36.4 Å². The number of hydrogen-bond donors (Lipinski definition) is 2. The minimum absolute atomic E-state index is 0.0206. The summed E-state index contributed by atoms with van der Waals surface area (Å²) in [5.41, 5.74) is 5.78. The highest BCUT2D eigenvalue weighted by Crippen LogP contribution is 2.44. The van der Waals surface area contributed by atoms with E-state index in [1.54, 1.807) is 7.11 Å². The lowest BCUT2D eigenvalue weighted by atomic mass is 9.73. The predicted molar refractivity (Wildman–Crippen MR) is 137 cm³/mol. The SMILES string of the molecule is COCCCCC(O)(c1ccccc1Oc1ccccc1)[C@@H]1CCCN(C(=O)[C@@H]2CC[C@H](N)C2)C1. The molecular weight excluding hydrogens is 440 g/mol. The molecule has 2 aliphatic rings. The van der Waals surface area contributed by atoms with Crippen molar-refractivity contribution in [2.45, 2.75) is 63.0 Å². The summed E-state index contributed by atoms with van der Waals surface area (Å²) in [5.74, 6) is 1.56. The van der Waals surface area contributed by atoms with Crippen LogP contribution in [0.4, 0.5) is 0 Å². The number of aliphatic hydroxyl groups is 1. The van der Waals surface area contributed by atoms with Crippen LogP contribution in [0.15, 0.2) is 54.6 Å². The highest BCUT2D eigenvalue weighted by Gasteiger charge is 2.44. The molecule has 1 saturated heterocycles. The third-order valence-corrected chi connectivity index (χ3v) is 7.71. The van der Waals surface area contributed by atoms with Gasteiger partial charge in [-0.25, -0.2) is 0 Å². The van der Waals surface area contributed by atoms with Gasteiger partial charge in [-0.3, -0.25) is 4.79 Å². The maximum atomic E-state index is 13.3. The zero-order valence-electron chi connectivity index (χ0n) is 20.9. The Morgan fingerprint density at radius 3 is 2.60 bits per heavy atom. The number of para-hydroxylation sites is 2. The third kappa shape index (κ3) is 6.24. The number of nitrogens with zero attached hydrogens (tertiary/aromatic N) is 1. The van der Waals surface area contributed by atoms with Crippen LogP contribution < -0.4 is 10.5 Å². The monoisotopic (exact) mass is 480 g/mol. The molecule has 190 valence electrons. The number of piperidine rings is 1. The molecule has 0 radical (unpaired) electrons. The molecule has 1 aliphatic heterocycles. The second-order valence-electron chi connectivity index (χ2n) is 10.2. The Morgan fingerprint density at radius 2 is 1.86 bits per heavy atom. The zero-order chi connectivity index (χ0) is 24.7. The summed E-state index contributed by atoms with van der Waals surface area (Å²) >= 11 is 0. The number of carbonyl (C=O) groups excluding carboxylic acids is 1. The van der Waals surface area contributed by atoms with E-state index in [9.17, 15) is 9.90 Å². The van der Waals surface area contributed by atoms with Crippen molar-refractivity contribution < 1.29 is 19.4 Å². The number of ether oxygens (including phenoxy) is 2. The van der Waals surface area contributed by atoms with Crippen molar-refractivity contribution in [3.8, 4) is 11.5 Å². The van der Waals surface area contributed by atoms with Crippen LogP contribution >= 0.6 is 0 Å². The van der Waals surface area contributed by atoms with Crippen molar-refractivity contribution in [2.75, 3.05) is 26.8 Å². The van der Waals surface area contributed by atoms with E-state index >= 15 is 0 Å². The van der Waals surface area contributed by atoms with Gasteiger partial charge in [0, 0.05) is 50.2 Å². The van der Waals surface area contributed by atoms with Gasteiger partial charge in [0.1, 0.15) is 11.5 Å². The molecule has 1 aliphatic carbocycles. The number of carbonyl (C=O) groups is 1. The lowest BCUT2D eigenvalue weighted by Gasteiger charge is -2.44. The van der Waals surface area contributed by atoms with E-state index in [1.807, 2.05) is 59.5 Å². The van der Waals surface area contributed by atoms with Crippen LogP contribution in [0.5, 0.6) is 11.5 Å². The summed E-state index contributed by atoms with van der Waals surface area (Å²) in [7, 11) is 1.70. The number of rotatable bonds is 10. The van der Waals surface area contributed by atoms with Gasteiger partial charge >= 0.3 is 0 Å². The number of amides is 1. The van der Waals surface area contributed by atoms with E-state index in [0.717, 1.165) is 62.8 Å². The lowest BCUT2D eigenvalue weighted by Crippen LogP contribution is -2.49. The Balaban J connectivity index is 1.59. The summed E-state index contributed by atoms with van der Waals surface area (Å²) in [6.07, 6.45) is 6.60. The molecule has 6 nitrogen and oxygen atoms in total. The first-order valence-electron chi connectivity index (χ1n) is 13.1. The molecule has 0 bridgehead atoms.